The van der Waals surface area contributed by atoms with Crippen LogP contribution in [0, 0.1) is 11.7 Å². The zero-order chi connectivity index (χ0) is 10.8. The normalized spacial score (nSPS) is 24.3. The van der Waals surface area contributed by atoms with E-state index in [0.29, 0.717) is 6.42 Å². The van der Waals surface area contributed by atoms with E-state index in [2.05, 4.69) is 5.32 Å². The van der Waals surface area contributed by atoms with Crippen LogP contribution in [0.5, 0.6) is 0 Å². The second-order valence-corrected chi connectivity index (χ2v) is 3.78. The molecule has 0 spiro atoms. The maximum atomic E-state index is 12.6. The molecule has 0 amide bonds. The summed E-state index contributed by atoms with van der Waals surface area (Å²) in [6.07, 6.45) is 1.57. The fourth-order valence-electron chi connectivity index (χ4n) is 1.73. The van der Waals surface area contributed by atoms with Crippen molar-refractivity contribution in [2.45, 2.75) is 18.9 Å². The predicted octanol–water partition coefficient (Wildman–Crippen LogP) is 2.10. The van der Waals surface area contributed by atoms with Crippen LogP contribution in [0.25, 0.3) is 0 Å². The Hall–Kier alpha value is -1.58. The quantitative estimate of drug-likeness (QED) is 0.801. The lowest BCUT2D eigenvalue weighted by molar-refractivity contribution is -0.144. The van der Waals surface area contributed by atoms with Crippen molar-refractivity contribution in [2.24, 2.45) is 5.92 Å². The molecule has 0 heterocycles. The summed E-state index contributed by atoms with van der Waals surface area (Å²) >= 11 is 0. The molecule has 2 unspecified atom stereocenters. The van der Waals surface area contributed by atoms with Crippen LogP contribution in [0.1, 0.15) is 12.8 Å². The van der Waals surface area contributed by atoms with Crippen LogP contribution in [0.2, 0.25) is 0 Å². The molecule has 0 radical (unpaired) electrons. The van der Waals surface area contributed by atoms with Gasteiger partial charge in [0, 0.05) is 11.7 Å². The van der Waals surface area contributed by atoms with E-state index >= 15 is 0 Å². The first kappa shape index (κ1) is 9.96. The molecule has 1 aromatic carbocycles. The third-order valence-electron chi connectivity index (χ3n) is 2.79. The van der Waals surface area contributed by atoms with Gasteiger partial charge in [0.25, 0.3) is 0 Å². The number of rotatable bonds is 3. The summed E-state index contributed by atoms with van der Waals surface area (Å²) in [5, 5.41) is 11.9. The van der Waals surface area contributed by atoms with Crippen molar-refractivity contribution in [2.75, 3.05) is 5.32 Å². The average Bonchev–Trinajstić information content (AvgIpc) is 2.14. The minimum atomic E-state index is -0.763. The number of nitrogens with one attached hydrogen (secondary N) is 1. The van der Waals surface area contributed by atoms with Crippen LogP contribution in [-0.2, 0) is 4.79 Å². The number of carbonyl (C=O) groups is 1. The van der Waals surface area contributed by atoms with Crippen molar-refractivity contribution in [3.63, 3.8) is 0 Å². The van der Waals surface area contributed by atoms with E-state index in [-0.39, 0.29) is 17.8 Å². The maximum Gasteiger partial charge on any atom is 0.308 e. The van der Waals surface area contributed by atoms with Gasteiger partial charge >= 0.3 is 5.97 Å². The molecule has 1 aromatic rings. The fourth-order valence-corrected chi connectivity index (χ4v) is 1.73. The van der Waals surface area contributed by atoms with Gasteiger partial charge in [-0.1, -0.05) is 0 Å². The maximum absolute atomic E-state index is 12.6. The molecule has 0 aliphatic heterocycles. The molecule has 0 bridgehead atoms. The van der Waals surface area contributed by atoms with E-state index in [1.54, 1.807) is 12.1 Å². The summed E-state index contributed by atoms with van der Waals surface area (Å²) in [4.78, 5) is 10.7. The third kappa shape index (κ3) is 2.09. The van der Waals surface area contributed by atoms with Crippen molar-refractivity contribution >= 4 is 11.7 Å². The largest absolute Gasteiger partial charge is 0.481 e. The van der Waals surface area contributed by atoms with Gasteiger partial charge < -0.3 is 10.4 Å². The van der Waals surface area contributed by atoms with E-state index < -0.39 is 5.97 Å². The highest BCUT2D eigenvalue weighted by atomic mass is 19.1. The SMILES string of the molecule is O=C(O)C1CCC1Nc1ccc(F)cc1. The number of benzene rings is 1. The molecule has 2 atom stereocenters. The number of carboxylic acids is 1. The Morgan fingerprint density at radius 1 is 1.33 bits per heavy atom. The standard InChI is InChI=1S/C11H12FNO2/c12-7-1-3-8(4-2-7)13-10-6-5-9(10)11(14)15/h1-4,9-10,13H,5-6H2,(H,14,15). The zero-order valence-electron chi connectivity index (χ0n) is 8.11. The molecule has 2 N–H and O–H groups in total. The van der Waals surface area contributed by atoms with Crippen LogP contribution in [0.4, 0.5) is 10.1 Å². The summed E-state index contributed by atoms with van der Waals surface area (Å²) < 4.78 is 12.6. The lowest BCUT2D eigenvalue weighted by atomic mass is 9.79. The number of carboxylic acid groups (broad SMARTS) is 1. The molecule has 3 nitrogen and oxygen atoms in total. The summed E-state index contributed by atoms with van der Waals surface area (Å²) in [6, 6.07) is 5.93. The molecule has 15 heavy (non-hydrogen) atoms. The average molecular weight is 209 g/mol. The van der Waals surface area contributed by atoms with Gasteiger partial charge in [-0.05, 0) is 37.1 Å². The highest BCUT2D eigenvalue weighted by Gasteiger charge is 2.36. The Morgan fingerprint density at radius 2 is 2.00 bits per heavy atom. The number of hydrogen-bond acceptors (Lipinski definition) is 2. The number of hydrogen-bond donors (Lipinski definition) is 2. The molecule has 4 heteroatoms. The molecule has 1 aliphatic rings. The van der Waals surface area contributed by atoms with Gasteiger partial charge in [-0.2, -0.15) is 0 Å². The summed E-state index contributed by atoms with van der Waals surface area (Å²) in [7, 11) is 0. The van der Waals surface area contributed by atoms with Gasteiger partial charge in [-0.25, -0.2) is 4.39 Å². The van der Waals surface area contributed by atoms with Gasteiger partial charge in [0.2, 0.25) is 0 Å². The molecule has 0 saturated heterocycles. The van der Waals surface area contributed by atoms with Gasteiger partial charge in [0.15, 0.2) is 0 Å². The Labute approximate surface area is 86.9 Å². The second-order valence-electron chi connectivity index (χ2n) is 3.78. The second kappa shape index (κ2) is 3.88. The summed E-state index contributed by atoms with van der Waals surface area (Å²) in [5.74, 6) is -1.36. The smallest absolute Gasteiger partial charge is 0.308 e. The Morgan fingerprint density at radius 3 is 2.47 bits per heavy atom. The molecular formula is C11H12FNO2. The number of halogens is 1. The molecule has 0 aromatic heterocycles. The monoisotopic (exact) mass is 209 g/mol. The summed E-state index contributed by atoms with van der Waals surface area (Å²) in [6.45, 7) is 0. The van der Waals surface area contributed by atoms with Crippen LogP contribution in [-0.4, -0.2) is 17.1 Å². The molecule has 2 rings (SSSR count). The van der Waals surface area contributed by atoms with E-state index in [1.165, 1.54) is 12.1 Å². The van der Waals surface area contributed by atoms with Crippen molar-refractivity contribution in [1.29, 1.82) is 0 Å². The number of aliphatic carboxylic acids is 1. The first-order valence-electron chi connectivity index (χ1n) is 4.92. The van der Waals surface area contributed by atoms with Crippen molar-refractivity contribution < 1.29 is 14.3 Å². The van der Waals surface area contributed by atoms with E-state index in [4.69, 9.17) is 5.11 Å². The highest BCUT2D eigenvalue weighted by Crippen LogP contribution is 2.30. The van der Waals surface area contributed by atoms with Gasteiger partial charge in [0.1, 0.15) is 5.82 Å². The minimum Gasteiger partial charge on any atom is -0.481 e. The third-order valence-corrected chi connectivity index (χ3v) is 2.79. The topological polar surface area (TPSA) is 49.3 Å². The van der Waals surface area contributed by atoms with Crippen molar-refractivity contribution in [1.82, 2.24) is 0 Å². The predicted molar refractivity (Wildman–Crippen MR) is 54.2 cm³/mol. The number of anilines is 1. The molecule has 1 aliphatic carbocycles. The Bertz CT molecular complexity index is 363. The van der Waals surface area contributed by atoms with E-state index in [1.807, 2.05) is 0 Å². The highest BCUT2D eigenvalue weighted by molar-refractivity contribution is 5.73. The molecule has 1 saturated carbocycles. The molecule has 80 valence electrons. The molecular weight excluding hydrogens is 197 g/mol. The van der Waals surface area contributed by atoms with Gasteiger partial charge in [0.05, 0.1) is 5.92 Å². The Kier molecular flexibility index (Phi) is 2.58. The van der Waals surface area contributed by atoms with Crippen molar-refractivity contribution in [3.05, 3.63) is 30.1 Å². The Balaban J connectivity index is 1.97. The first-order chi connectivity index (χ1) is 7.16. The van der Waals surface area contributed by atoms with Crippen molar-refractivity contribution in [3.8, 4) is 0 Å². The van der Waals surface area contributed by atoms with Crippen LogP contribution < -0.4 is 5.32 Å². The molecule has 1 fully saturated rings. The lowest BCUT2D eigenvalue weighted by Gasteiger charge is -2.34. The zero-order valence-corrected chi connectivity index (χ0v) is 8.11. The van der Waals surface area contributed by atoms with E-state index in [0.717, 1.165) is 12.1 Å². The van der Waals surface area contributed by atoms with Crippen LogP contribution >= 0.6 is 0 Å². The summed E-state index contributed by atoms with van der Waals surface area (Å²) in [5.41, 5.74) is 0.771. The van der Waals surface area contributed by atoms with E-state index in [9.17, 15) is 9.18 Å². The minimum absolute atomic E-state index is 0.0204. The van der Waals surface area contributed by atoms with Crippen LogP contribution in [0.3, 0.4) is 0 Å². The van der Waals surface area contributed by atoms with Gasteiger partial charge in [-0.3, -0.25) is 4.79 Å². The lowest BCUT2D eigenvalue weighted by Crippen LogP contribution is -2.42. The fraction of sp³-hybridized carbons (Fsp3) is 0.364. The first-order valence-corrected chi connectivity index (χ1v) is 4.92. The van der Waals surface area contributed by atoms with Crippen LogP contribution in [0.15, 0.2) is 24.3 Å². The van der Waals surface area contributed by atoms with Gasteiger partial charge in [-0.15, -0.1) is 0 Å².